The van der Waals surface area contributed by atoms with Crippen molar-refractivity contribution in [1.29, 1.82) is 0 Å². The van der Waals surface area contributed by atoms with Crippen LogP contribution in [0.1, 0.15) is 31.9 Å². The number of carbonyl (C=O) groups is 1. The van der Waals surface area contributed by atoms with E-state index in [2.05, 4.69) is 36.8 Å². The molecule has 1 atom stereocenters. The Morgan fingerprint density at radius 2 is 2.32 bits per heavy atom. The molecule has 6 heteroatoms. The summed E-state index contributed by atoms with van der Waals surface area (Å²) in [6.07, 6.45) is 2.36. The van der Waals surface area contributed by atoms with Crippen LogP contribution < -0.4 is 0 Å². The van der Waals surface area contributed by atoms with Crippen LogP contribution in [0.25, 0.3) is 0 Å². The van der Waals surface area contributed by atoms with Gasteiger partial charge in [0.05, 0.1) is 16.4 Å². The van der Waals surface area contributed by atoms with Crippen molar-refractivity contribution in [2.75, 3.05) is 13.1 Å². The number of nitrogens with zero attached hydrogens (tertiary/aromatic N) is 1. The molecule has 1 aromatic rings. The Balaban J connectivity index is 2.07. The average molecular weight is 395 g/mol. The van der Waals surface area contributed by atoms with Gasteiger partial charge >= 0.3 is 5.97 Å². The van der Waals surface area contributed by atoms with Crippen LogP contribution in [0.5, 0.6) is 0 Å². The lowest BCUT2D eigenvalue weighted by Crippen LogP contribution is -2.47. The number of hydrogen-bond donors (Lipinski definition) is 1. The summed E-state index contributed by atoms with van der Waals surface area (Å²) in [6.45, 7) is 4.12. The Labute approximate surface area is 129 Å². The number of aliphatic carboxylic acids is 1. The van der Waals surface area contributed by atoms with E-state index < -0.39 is 11.4 Å². The monoisotopic (exact) mass is 393 g/mol. The van der Waals surface area contributed by atoms with Gasteiger partial charge in [0.2, 0.25) is 0 Å². The van der Waals surface area contributed by atoms with E-state index in [-0.39, 0.29) is 0 Å². The van der Waals surface area contributed by atoms with Crippen LogP contribution in [-0.2, 0) is 11.3 Å². The summed E-state index contributed by atoms with van der Waals surface area (Å²) in [5, 5.41) is 9.46. The van der Waals surface area contributed by atoms with E-state index in [1.165, 1.54) is 0 Å². The second-order valence-electron chi connectivity index (χ2n) is 5.09. The van der Waals surface area contributed by atoms with Crippen molar-refractivity contribution in [1.82, 2.24) is 4.90 Å². The largest absolute Gasteiger partial charge is 0.481 e. The fourth-order valence-electron chi connectivity index (χ4n) is 2.67. The molecule has 0 saturated carbocycles. The van der Waals surface area contributed by atoms with Gasteiger partial charge in [0, 0.05) is 6.54 Å². The van der Waals surface area contributed by atoms with Gasteiger partial charge in [0.25, 0.3) is 0 Å². The molecule has 1 unspecified atom stereocenters. The van der Waals surface area contributed by atoms with Gasteiger partial charge in [-0.25, -0.2) is 0 Å². The molecule has 2 heterocycles. The lowest BCUT2D eigenvalue weighted by atomic mass is 9.77. The van der Waals surface area contributed by atoms with Crippen molar-refractivity contribution < 1.29 is 14.3 Å². The molecule has 106 valence electrons. The first-order valence-electron chi connectivity index (χ1n) is 6.36. The van der Waals surface area contributed by atoms with Crippen molar-refractivity contribution >= 4 is 37.8 Å². The summed E-state index contributed by atoms with van der Waals surface area (Å²) in [5.41, 5.74) is -0.598. The maximum absolute atomic E-state index is 11.5. The third-order valence-corrected chi connectivity index (χ3v) is 5.57. The molecule has 0 bridgehead atoms. The minimum Gasteiger partial charge on any atom is -0.481 e. The number of rotatable bonds is 4. The predicted molar refractivity (Wildman–Crippen MR) is 79.0 cm³/mol. The Morgan fingerprint density at radius 1 is 1.58 bits per heavy atom. The van der Waals surface area contributed by atoms with Crippen LogP contribution in [0.3, 0.4) is 0 Å². The lowest BCUT2D eigenvalue weighted by molar-refractivity contribution is -0.153. The first kappa shape index (κ1) is 15.1. The van der Waals surface area contributed by atoms with Crippen molar-refractivity contribution in [3.05, 3.63) is 21.0 Å². The maximum atomic E-state index is 11.5. The third kappa shape index (κ3) is 3.23. The molecule has 1 aliphatic heterocycles. The van der Waals surface area contributed by atoms with Crippen molar-refractivity contribution in [3.63, 3.8) is 0 Å². The standard InChI is InChI=1S/C13H17Br2NO3/c1-2-13(12(17)18)4-3-5-16(8-13)7-9-6-10(14)11(15)19-9/h6H,2-5,7-8H2,1H3,(H,17,18). The van der Waals surface area contributed by atoms with Crippen LogP contribution in [0.4, 0.5) is 0 Å². The highest BCUT2D eigenvalue weighted by atomic mass is 79.9. The lowest BCUT2D eigenvalue weighted by Gasteiger charge is -2.39. The molecule has 19 heavy (non-hydrogen) atoms. The van der Waals surface area contributed by atoms with Gasteiger partial charge in [0.1, 0.15) is 5.76 Å². The van der Waals surface area contributed by atoms with Gasteiger partial charge in [0.15, 0.2) is 4.67 Å². The molecule has 1 aromatic heterocycles. The van der Waals surface area contributed by atoms with Gasteiger partial charge in [-0.05, 0) is 63.7 Å². The topological polar surface area (TPSA) is 53.7 Å². The van der Waals surface area contributed by atoms with Crippen LogP contribution in [-0.4, -0.2) is 29.1 Å². The number of furan rings is 1. The number of carboxylic acid groups (broad SMARTS) is 1. The van der Waals surface area contributed by atoms with E-state index in [1.807, 2.05) is 13.0 Å². The first-order chi connectivity index (χ1) is 8.97. The molecule has 1 aliphatic rings. The van der Waals surface area contributed by atoms with Crippen molar-refractivity contribution in [2.24, 2.45) is 5.41 Å². The second-order valence-corrected chi connectivity index (χ2v) is 6.66. The van der Waals surface area contributed by atoms with Gasteiger partial charge in [-0.1, -0.05) is 6.92 Å². The molecule has 0 spiro atoms. The third-order valence-electron chi connectivity index (χ3n) is 3.86. The van der Waals surface area contributed by atoms with Gasteiger partial charge in [-0.2, -0.15) is 0 Å². The quantitative estimate of drug-likeness (QED) is 0.841. The summed E-state index contributed by atoms with van der Waals surface area (Å²) in [7, 11) is 0. The molecule has 2 rings (SSSR count). The highest BCUT2D eigenvalue weighted by molar-refractivity contribution is 9.13. The molecule has 4 nitrogen and oxygen atoms in total. The normalized spacial score (nSPS) is 24.6. The summed E-state index contributed by atoms with van der Waals surface area (Å²) >= 11 is 6.70. The van der Waals surface area contributed by atoms with Crippen molar-refractivity contribution in [3.8, 4) is 0 Å². The highest BCUT2D eigenvalue weighted by Crippen LogP contribution is 2.35. The van der Waals surface area contributed by atoms with Gasteiger partial charge in [-0.15, -0.1) is 0 Å². The Kier molecular flexibility index (Phi) is 4.74. The number of likely N-dealkylation sites (tertiary alicyclic amines) is 1. The van der Waals surface area contributed by atoms with Crippen LogP contribution >= 0.6 is 31.9 Å². The molecule has 1 saturated heterocycles. The summed E-state index contributed by atoms with van der Waals surface area (Å²) in [4.78, 5) is 13.7. The number of piperidine rings is 1. The summed E-state index contributed by atoms with van der Waals surface area (Å²) in [5.74, 6) is 0.164. The molecular formula is C13H17Br2NO3. The smallest absolute Gasteiger partial charge is 0.310 e. The molecular weight excluding hydrogens is 378 g/mol. The summed E-state index contributed by atoms with van der Waals surface area (Å²) in [6, 6.07) is 1.92. The van der Waals surface area contributed by atoms with E-state index in [0.29, 0.717) is 24.2 Å². The number of carboxylic acids is 1. The maximum Gasteiger partial charge on any atom is 0.310 e. The summed E-state index contributed by atoms with van der Waals surface area (Å²) < 4.78 is 7.13. The first-order valence-corrected chi connectivity index (χ1v) is 7.95. The van der Waals surface area contributed by atoms with Crippen LogP contribution in [0, 0.1) is 5.41 Å². The predicted octanol–water partition coefficient (Wildman–Crippen LogP) is 3.88. The zero-order chi connectivity index (χ0) is 14.0. The molecule has 0 amide bonds. The van der Waals surface area contributed by atoms with E-state index >= 15 is 0 Å². The van der Waals surface area contributed by atoms with Crippen LogP contribution in [0.15, 0.2) is 19.6 Å². The molecule has 1 fully saturated rings. The Morgan fingerprint density at radius 3 is 2.84 bits per heavy atom. The second kappa shape index (κ2) is 5.97. The van der Waals surface area contributed by atoms with Crippen LogP contribution in [0.2, 0.25) is 0 Å². The fraction of sp³-hybridized carbons (Fsp3) is 0.615. The average Bonchev–Trinajstić information content (AvgIpc) is 2.68. The molecule has 0 aliphatic carbocycles. The van der Waals surface area contributed by atoms with Gasteiger partial charge < -0.3 is 9.52 Å². The van der Waals surface area contributed by atoms with E-state index in [1.54, 1.807) is 0 Å². The number of halogens is 2. The zero-order valence-corrected chi connectivity index (χ0v) is 14.0. The van der Waals surface area contributed by atoms with Gasteiger partial charge in [-0.3, -0.25) is 9.69 Å². The van der Waals surface area contributed by atoms with E-state index in [0.717, 1.165) is 29.6 Å². The molecule has 0 radical (unpaired) electrons. The highest BCUT2D eigenvalue weighted by Gasteiger charge is 2.40. The molecule has 1 N–H and O–H groups in total. The number of hydrogen-bond acceptors (Lipinski definition) is 3. The minimum atomic E-state index is -0.679. The van der Waals surface area contributed by atoms with E-state index in [4.69, 9.17) is 4.42 Å². The SMILES string of the molecule is CCC1(C(=O)O)CCCN(Cc2cc(Br)c(Br)o2)C1. The van der Waals surface area contributed by atoms with Crippen molar-refractivity contribution in [2.45, 2.75) is 32.7 Å². The molecule has 0 aromatic carbocycles. The Hall–Kier alpha value is -0.330. The van der Waals surface area contributed by atoms with E-state index in [9.17, 15) is 9.90 Å². The fourth-order valence-corrected chi connectivity index (χ4v) is 3.32. The zero-order valence-electron chi connectivity index (χ0n) is 10.8. The minimum absolute atomic E-state index is 0.592. The Bertz CT molecular complexity index is 455.